The van der Waals surface area contributed by atoms with Gasteiger partial charge >= 0.3 is 6.03 Å². The molecule has 0 saturated carbocycles. The van der Waals surface area contributed by atoms with E-state index >= 15 is 0 Å². The number of anilines is 2. The zero-order valence-electron chi connectivity index (χ0n) is 10.6. The van der Waals surface area contributed by atoms with Crippen LogP contribution in [-0.4, -0.2) is 11.1 Å². The maximum absolute atomic E-state index is 13.3. The highest BCUT2D eigenvalue weighted by atomic mass is 19.1. The lowest BCUT2D eigenvalue weighted by Crippen LogP contribution is -2.20. The average molecular weight is 278 g/mol. The van der Waals surface area contributed by atoms with E-state index in [-0.39, 0.29) is 11.4 Å². The van der Waals surface area contributed by atoms with E-state index in [1.165, 1.54) is 6.07 Å². The highest BCUT2D eigenvalue weighted by molar-refractivity contribution is 5.99. The molecular weight excluding hydrogens is 266 g/mol. The molecule has 0 bridgehead atoms. The number of carbonyl (C=O) groups excluding carboxylic acids is 1. The number of aromatic hydroxyl groups is 1. The molecular formula is C14H12F2N2O2. The van der Waals surface area contributed by atoms with Crippen molar-refractivity contribution in [3.8, 4) is 5.75 Å². The summed E-state index contributed by atoms with van der Waals surface area (Å²) in [6.45, 7) is 1.72. The zero-order chi connectivity index (χ0) is 14.7. The molecule has 2 rings (SSSR count). The monoisotopic (exact) mass is 278 g/mol. The van der Waals surface area contributed by atoms with Crippen molar-refractivity contribution in [3.05, 3.63) is 53.6 Å². The molecule has 3 N–H and O–H groups in total. The number of hydrogen-bond donors (Lipinski definition) is 3. The fourth-order valence-electron chi connectivity index (χ4n) is 1.56. The number of aryl methyl sites for hydroxylation is 1. The lowest BCUT2D eigenvalue weighted by atomic mass is 10.2. The summed E-state index contributed by atoms with van der Waals surface area (Å²) < 4.78 is 26.1. The summed E-state index contributed by atoms with van der Waals surface area (Å²) in [6.07, 6.45) is 0. The standard InChI is InChI=1S/C14H12F2N2O2/c1-8-2-4-10(7-13(8)19)17-14(20)18-12-5-3-9(15)6-11(12)16/h2-7,19H,1H3,(H2,17,18,20). The van der Waals surface area contributed by atoms with E-state index in [1.54, 1.807) is 19.1 Å². The Hall–Kier alpha value is -2.63. The maximum atomic E-state index is 13.3. The number of phenolic OH excluding ortho intramolecular Hbond substituents is 1. The minimum absolute atomic E-state index is 0.0377. The van der Waals surface area contributed by atoms with Crippen LogP contribution < -0.4 is 10.6 Å². The number of carbonyl (C=O) groups is 1. The van der Waals surface area contributed by atoms with E-state index < -0.39 is 17.7 Å². The topological polar surface area (TPSA) is 61.4 Å². The van der Waals surface area contributed by atoms with Crippen LogP contribution in [0.4, 0.5) is 25.0 Å². The van der Waals surface area contributed by atoms with Crippen molar-refractivity contribution in [2.45, 2.75) is 6.92 Å². The molecule has 20 heavy (non-hydrogen) atoms. The van der Waals surface area contributed by atoms with Gasteiger partial charge in [0.25, 0.3) is 0 Å². The predicted octanol–water partition coefficient (Wildman–Crippen LogP) is 3.62. The lowest BCUT2D eigenvalue weighted by Gasteiger charge is -2.09. The molecule has 0 aromatic heterocycles. The van der Waals surface area contributed by atoms with E-state index in [2.05, 4.69) is 10.6 Å². The van der Waals surface area contributed by atoms with Gasteiger partial charge in [-0.1, -0.05) is 6.07 Å². The largest absolute Gasteiger partial charge is 0.508 e. The molecule has 104 valence electrons. The van der Waals surface area contributed by atoms with Crippen LogP contribution in [0.5, 0.6) is 5.75 Å². The first-order valence-electron chi connectivity index (χ1n) is 5.78. The summed E-state index contributed by atoms with van der Waals surface area (Å²) >= 11 is 0. The Morgan fingerprint density at radius 1 is 1.10 bits per heavy atom. The molecule has 4 nitrogen and oxygen atoms in total. The number of hydrogen-bond acceptors (Lipinski definition) is 2. The Kier molecular flexibility index (Phi) is 3.84. The molecule has 6 heteroatoms. The minimum Gasteiger partial charge on any atom is -0.508 e. The second-order valence-corrected chi connectivity index (χ2v) is 4.20. The minimum atomic E-state index is -0.869. The van der Waals surface area contributed by atoms with Crippen molar-refractivity contribution in [1.29, 1.82) is 0 Å². The Labute approximate surface area is 114 Å². The SMILES string of the molecule is Cc1ccc(NC(=O)Nc2ccc(F)cc2F)cc1O. The predicted molar refractivity (Wildman–Crippen MR) is 71.8 cm³/mol. The molecule has 0 fully saturated rings. The Balaban J connectivity index is 2.07. The quantitative estimate of drug-likeness (QED) is 0.785. The second-order valence-electron chi connectivity index (χ2n) is 4.20. The molecule has 0 heterocycles. The zero-order valence-corrected chi connectivity index (χ0v) is 10.6. The van der Waals surface area contributed by atoms with Gasteiger partial charge in [0, 0.05) is 17.8 Å². The van der Waals surface area contributed by atoms with Crippen LogP contribution in [0.15, 0.2) is 36.4 Å². The highest BCUT2D eigenvalue weighted by Gasteiger charge is 2.08. The van der Waals surface area contributed by atoms with E-state index in [0.717, 1.165) is 12.1 Å². The van der Waals surface area contributed by atoms with Crippen molar-refractivity contribution < 1.29 is 18.7 Å². The normalized spacial score (nSPS) is 10.2. The third-order valence-corrected chi connectivity index (χ3v) is 2.65. The molecule has 2 aromatic rings. The van der Waals surface area contributed by atoms with Gasteiger partial charge < -0.3 is 15.7 Å². The smallest absolute Gasteiger partial charge is 0.323 e. The summed E-state index contributed by atoms with van der Waals surface area (Å²) in [5, 5.41) is 14.2. The number of rotatable bonds is 2. The summed E-state index contributed by atoms with van der Waals surface area (Å²) in [6, 6.07) is 6.73. The third kappa shape index (κ3) is 3.23. The van der Waals surface area contributed by atoms with Crippen molar-refractivity contribution in [3.63, 3.8) is 0 Å². The van der Waals surface area contributed by atoms with Gasteiger partial charge in [0.05, 0.1) is 5.69 Å². The van der Waals surface area contributed by atoms with Crippen LogP contribution in [-0.2, 0) is 0 Å². The number of urea groups is 1. The van der Waals surface area contributed by atoms with E-state index in [0.29, 0.717) is 17.3 Å². The second kappa shape index (κ2) is 5.56. The summed E-state index contributed by atoms with van der Waals surface area (Å²) in [5.74, 6) is -1.56. The number of halogens is 2. The number of amides is 2. The average Bonchev–Trinajstić information content (AvgIpc) is 2.37. The highest BCUT2D eigenvalue weighted by Crippen LogP contribution is 2.21. The first kappa shape index (κ1) is 13.8. The van der Waals surface area contributed by atoms with Crippen LogP contribution in [0, 0.1) is 18.6 Å². The summed E-state index contributed by atoms with van der Waals surface area (Å²) in [5.41, 5.74) is 0.883. The molecule has 0 saturated heterocycles. The molecule has 0 aliphatic carbocycles. The fourth-order valence-corrected chi connectivity index (χ4v) is 1.56. The van der Waals surface area contributed by atoms with Gasteiger partial charge in [0.15, 0.2) is 0 Å². The Bertz CT molecular complexity index is 660. The van der Waals surface area contributed by atoms with Gasteiger partial charge in [-0.2, -0.15) is 0 Å². The maximum Gasteiger partial charge on any atom is 0.323 e. The van der Waals surface area contributed by atoms with Crippen LogP contribution in [0.2, 0.25) is 0 Å². The van der Waals surface area contributed by atoms with Crippen molar-refractivity contribution in [2.75, 3.05) is 10.6 Å². The molecule has 2 amide bonds. The summed E-state index contributed by atoms with van der Waals surface area (Å²) in [4.78, 5) is 11.7. The lowest BCUT2D eigenvalue weighted by molar-refractivity contribution is 0.262. The van der Waals surface area contributed by atoms with Gasteiger partial charge in [-0.05, 0) is 30.7 Å². The van der Waals surface area contributed by atoms with E-state index in [9.17, 15) is 18.7 Å². The first-order valence-corrected chi connectivity index (χ1v) is 5.78. The summed E-state index contributed by atoms with van der Waals surface area (Å²) in [7, 11) is 0. The molecule has 0 aliphatic rings. The molecule has 0 spiro atoms. The van der Waals surface area contributed by atoms with Crippen molar-refractivity contribution >= 4 is 17.4 Å². The molecule has 0 radical (unpaired) electrons. The molecule has 2 aromatic carbocycles. The Morgan fingerprint density at radius 3 is 2.50 bits per heavy atom. The molecule has 0 unspecified atom stereocenters. The first-order chi connectivity index (χ1) is 9.45. The number of nitrogens with one attached hydrogen (secondary N) is 2. The van der Waals surface area contributed by atoms with Crippen LogP contribution in [0.1, 0.15) is 5.56 Å². The van der Waals surface area contributed by atoms with Gasteiger partial charge in [-0.25, -0.2) is 13.6 Å². The van der Waals surface area contributed by atoms with Crippen LogP contribution in [0.25, 0.3) is 0 Å². The van der Waals surface area contributed by atoms with Gasteiger partial charge in [0.1, 0.15) is 17.4 Å². The number of benzene rings is 2. The van der Waals surface area contributed by atoms with Crippen molar-refractivity contribution in [2.24, 2.45) is 0 Å². The molecule has 0 aliphatic heterocycles. The Morgan fingerprint density at radius 2 is 1.85 bits per heavy atom. The van der Waals surface area contributed by atoms with Crippen LogP contribution in [0.3, 0.4) is 0 Å². The molecule has 0 atom stereocenters. The van der Waals surface area contributed by atoms with Gasteiger partial charge in [0.2, 0.25) is 0 Å². The third-order valence-electron chi connectivity index (χ3n) is 2.65. The van der Waals surface area contributed by atoms with Gasteiger partial charge in [-0.15, -0.1) is 0 Å². The fraction of sp³-hybridized carbons (Fsp3) is 0.0714. The van der Waals surface area contributed by atoms with Gasteiger partial charge in [-0.3, -0.25) is 0 Å². The van der Waals surface area contributed by atoms with E-state index in [1.807, 2.05) is 0 Å². The van der Waals surface area contributed by atoms with E-state index in [4.69, 9.17) is 0 Å². The van der Waals surface area contributed by atoms with Crippen LogP contribution >= 0.6 is 0 Å². The number of phenols is 1. The van der Waals surface area contributed by atoms with Crippen molar-refractivity contribution in [1.82, 2.24) is 0 Å².